The van der Waals surface area contributed by atoms with Gasteiger partial charge in [0.15, 0.2) is 5.78 Å². The highest BCUT2D eigenvalue weighted by atomic mass is 19.4. The van der Waals surface area contributed by atoms with E-state index in [4.69, 9.17) is 4.74 Å². The van der Waals surface area contributed by atoms with Crippen LogP contribution in [-0.2, 0) is 15.7 Å². The Morgan fingerprint density at radius 3 is 2.33 bits per heavy atom. The summed E-state index contributed by atoms with van der Waals surface area (Å²) < 4.78 is 48.1. The molecule has 2 rings (SSSR count). The van der Waals surface area contributed by atoms with Gasteiger partial charge in [-0.3, -0.25) is 9.59 Å². The number of fused-ring (bicyclic) bond motifs is 1. The second-order valence-corrected chi connectivity index (χ2v) is 5.01. The van der Waals surface area contributed by atoms with Crippen LogP contribution in [0.4, 0.5) is 13.2 Å². The Balaban J connectivity index is 2.65. The number of hydrogen-bond donors (Lipinski definition) is 0. The minimum absolute atomic E-state index is 0.0740. The number of Topliss-reactive ketones (excluding diaryl/α,β-unsaturated/α-hetero) is 1. The maximum absolute atomic E-state index is 12.9. The van der Waals surface area contributed by atoms with Gasteiger partial charge >= 0.3 is 12.1 Å². The number of nitrogens with zero attached hydrogens (tertiary/aromatic N) is 1. The standard InChI is InChI=1S/C16H14F3NO4/c1-8(15(22)24-3)14(21)10-4-6-11(23-2)13-9(10)5-7-12(20-13)16(17,18)19/h4-8H,1-3H3. The lowest BCUT2D eigenvalue weighted by Crippen LogP contribution is -2.22. The number of rotatable bonds is 4. The van der Waals surface area contributed by atoms with Gasteiger partial charge in [0.05, 0.1) is 14.2 Å². The second kappa shape index (κ2) is 6.46. The first-order valence-corrected chi connectivity index (χ1v) is 6.87. The van der Waals surface area contributed by atoms with E-state index in [1.807, 2.05) is 0 Å². The van der Waals surface area contributed by atoms with E-state index in [2.05, 4.69) is 9.72 Å². The molecule has 0 bridgehead atoms. The van der Waals surface area contributed by atoms with E-state index in [1.165, 1.54) is 26.2 Å². The van der Waals surface area contributed by atoms with Gasteiger partial charge in [-0.05, 0) is 31.2 Å². The third kappa shape index (κ3) is 3.17. The molecule has 1 unspecified atom stereocenters. The number of hydrogen-bond acceptors (Lipinski definition) is 5. The van der Waals surface area contributed by atoms with Crippen LogP contribution in [-0.4, -0.2) is 31.0 Å². The van der Waals surface area contributed by atoms with Crippen LogP contribution in [0.15, 0.2) is 24.3 Å². The summed E-state index contributed by atoms with van der Waals surface area (Å²) in [7, 11) is 2.44. The summed E-state index contributed by atoms with van der Waals surface area (Å²) in [5, 5.41) is 0.170. The van der Waals surface area contributed by atoms with E-state index in [0.717, 1.165) is 19.2 Å². The summed E-state index contributed by atoms with van der Waals surface area (Å²) >= 11 is 0. The average molecular weight is 341 g/mol. The number of carbonyl (C=O) groups is 2. The number of benzene rings is 1. The maximum Gasteiger partial charge on any atom is 0.433 e. The molecule has 0 spiro atoms. The highest BCUT2D eigenvalue weighted by molar-refractivity contribution is 6.15. The fourth-order valence-corrected chi connectivity index (χ4v) is 2.25. The number of carbonyl (C=O) groups excluding carboxylic acids is 2. The van der Waals surface area contributed by atoms with Crippen LogP contribution >= 0.6 is 0 Å². The zero-order valence-electron chi connectivity index (χ0n) is 13.1. The van der Waals surface area contributed by atoms with Crippen LogP contribution < -0.4 is 4.74 Å². The number of pyridine rings is 1. The van der Waals surface area contributed by atoms with Crippen LogP contribution in [0.1, 0.15) is 23.0 Å². The third-order valence-corrected chi connectivity index (χ3v) is 3.54. The molecule has 0 amide bonds. The van der Waals surface area contributed by atoms with Crippen molar-refractivity contribution in [3.63, 3.8) is 0 Å². The fraction of sp³-hybridized carbons (Fsp3) is 0.312. The van der Waals surface area contributed by atoms with Crippen LogP contribution in [0.2, 0.25) is 0 Å². The molecule has 24 heavy (non-hydrogen) atoms. The molecule has 0 fully saturated rings. The normalized spacial score (nSPS) is 12.8. The maximum atomic E-state index is 12.9. The van der Waals surface area contributed by atoms with Gasteiger partial charge < -0.3 is 9.47 Å². The van der Waals surface area contributed by atoms with E-state index in [1.54, 1.807) is 0 Å². The Hall–Kier alpha value is -2.64. The number of esters is 1. The Kier molecular flexibility index (Phi) is 4.77. The molecule has 1 aromatic heterocycles. The van der Waals surface area contributed by atoms with E-state index in [9.17, 15) is 22.8 Å². The van der Waals surface area contributed by atoms with Gasteiger partial charge in [0.1, 0.15) is 22.9 Å². The highest BCUT2D eigenvalue weighted by Gasteiger charge is 2.33. The first-order chi connectivity index (χ1) is 11.2. The van der Waals surface area contributed by atoms with Crippen molar-refractivity contribution in [2.45, 2.75) is 13.1 Å². The van der Waals surface area contributed by atoms with Gasteiger partial charge in [-0.15, -0.1) is 0 Å². The zero-order chi connectivity index (χ0) is 18.1. The minimum atomic E-state index is -4.63. The molecule has 0 N–H and O–H groups in total. The van der Waals surface area contributed by atoms with Crippen molar-refractivity contribution in [2.75, 3.05) is 14.2 Å². The van der Waals surface area contributed by atoms with E-state index in [0.29, 0.717) is 0 Å². The molecule has 0 aliphatic carbocycles. The van der Waals surface area contributed by atoms with Gasteiger partial charge in [0, 0.05) is 10.9 Å². The monoisotopic (exact) mass is 341 g/mol. The van der Waals surface area contributed by atoms with Crippen LogP contribution in [0, 0.1) is 5.92 Å². The van der Waals surface area contributed by atoms with Crippen molar-refractivity contribution < 1.29 is 32.2 Å². The van der Waals surface area contributed by atoms with Gasteiger partial charge in [0.25, 0.3) is 0 Å². The molecule has 128 valence electrons. The summed E-state index contributed by atoms with van der Waals surface area (Å²) in [6, 6.07) is 4.65. The quantitative estimate of drug-likeness (QED) is 0.485. The lowest BCUT2D eigenvalue weighted by molar-refractivity contribution is -0.143. The Bertz CT molecular complexity index is 802. The summed E-state index contributed by atoms with van der Waals surface area (Å²) in [6.45, 7) is 1.36. The average Bonchev–Trinajstić information content (AvgIpc) is 2.57. The minimum Gasteiger partial charge on any atom is -0.494 e. The lowest BCUT2D eigenvalue weighted by Gasteiger charge is -2.14. The predicted octanol–water partition coefficient (Wildman–Crippen LogP) is 3.25. The van der Waals surface area contributed by atoms with Crippen molar-refractivity contribution in [1.29, 1.82) is 0 Å². The molecule has 0 saturated heterocycles. The van der Waals surface area contributed by atoms with Gasteiger partial charge in [-0.2, -0.15) is 13.2 Å². The number of aromatic nitrogens is 1. The number of alkyl halides is 3. The predicted molar refractivity (Wildman–Crippen MR) is 78.8 cm³/mol. The van der Waals surface area contributed by atoms with Crippen LogP contribution in [0.25, 0.3) is 10.9 Å². The van der Waals surface area contributed by atoms with Crippen molar-refractivity contribution in [3.05, 3.63) is 35.5 Å². The zero-order valence-corrected chi connectivity index (χ0v) is 13.1. The first-order valence-electron chi connectivity index (χ1n) is 6.87. The molecule has 0 saturated carbocycles. The third-order valence-electron chi connectivity index (χ3n) is 3.54. The topological polar surface area (TPSA) is 65.5 Å². The molecule has 2 aromatic rings. The van der Waals surface area contributed by atoms with Gasteiger partial charge in [0.2, 0.25) is 0 Å². The van der Waals surface area contributed by atoms with Crippen molar-refractivity contribution in [1.82, 2.24) is 4.98 Å². The van der Waals surface area contributed by atoms with Gasteiger partial charge in [-0.1, -0.05) is 0 Å². The summed E-state index contributed by atoms with van der Waals surface area (Å²) in [5.74, 6) is -2.30. The molecule has 8 heteroatoms. The van der Waals surface area contributed by atoms with E-state index >= 15 is 0 Å². The SMILES string of the molecule is COC(=O)C(C)C(=O)c1ccc(OC)c2nc(C(F)(F)F)ccc12. The Morgan fingerprint density at radius 2 is 1.79 bits per heavy atom. The summed E-state index contributed by atoms with van der Waals surface area (Å²) in [4.78, 5) is 27.6. The number of methoxy groups -OCH3 is 2. The summed E-state index contributed by atoms with van der Waals surface area (Å²) in [6.07, 6.45) is -4.63. The van der Waals surface area contributed by atoms with Gasteiger partial charge in [-0.25, -0.2) is 4.98 Å². The first kappa shape index (κ1) is 17.7. The van der Waals surface area contributed by atoms with Crippen molar-refractivity contribution in [3.8, 4) is 5.75 Å². The van der Waals surface area contributed by atoms with Crippen molar-refractivity contribution >= 4 is 22.7 Å². The molecular weight excluding hydrogens is 327 g/mol. The molecule has 5 nitrogen and oxygen atoms in total. The van der Waals surface area contributed by atoms with E-state index in [-0.39, 0.29) is 22.2 Å². The smallest absolute Gasteiger partial charge is 0.433 e. The summed E-state index contributed by atoms with van der Waals surface area (Å²) in [5.41, 5.74) is -1.13. The lowest BCUT2D eigenvalue weighted by atomic mass is 9.95. The number of ketones is 1. The molecule has 0 radical (unpaired) electrons. The number of halogens is 3. The fourth-order valence-electron chi connectivity index (χ4n) is 2.25. The largest absolute Gasteiger partial charge is 0.494 e. The molecule has 1 aromatic carbocycles. The molecule has 1 heterocycles. The second-order valence-electron chi connectivity index (χ2n) is 5.01. The Labute approximate surface area is 135 Å². The Morgan fingerprint density at radius 1 is 1.12 bits per heavy atom. The molecule has 1 atom stereocenters. The molecule has 0 aliphatic heterocycles. The molecular formula is C16H14F3NO4. The van der Waals surface area contributed by atoms with Crippen LogP contribution in [0.3, 0.4) is 0 Å². The highest BCUT2D eigenvalue weighted by Crippen LogP contribution is 2.33. The van der Waals surface area contributed by atoms with Crippen LogP contribution in [0.5, 0.6) is 5.75 Å². The van der Waals surface area contributed by atoms with E-state index < -0.39 is 29.5 Å². The number of ether oxygens (including phenoxy) is 2. The van der Waals surface area contributed by atoms with Crippen molar-refractivity contribution in [2.24, 2.45) is 5.92 Å². The molecule has 0 aliphatic rings.